The van der Waals surface area contributed by atoms with Gasteiger partial charge in [0.2, 0.25) is 0 Å². The fourth-order valence-electron chi connectivity index (χ4n) is 3.36. The molecule has 0 unspecified atom stereocenters. The van der Waals surface area contributed by atoms with Crippen LogP contribution in [0, 0.1) is 11.8 Å². The zero-order chi connectivity index (χ0) is 18.2. The predicted octanol–water partition coefficient (Wildman–Crippen LogP) is 1.75. The maximum absolute atomic E-state index is 12.7. The lowest BCUT2D eigenvalue weighted by Crippen LogP contribution is -2.48. The molecule has 1 amide bonds. The Morgan fingerprint density at radius 2 is 2.12 bits per heavy atom. The van der Waals surface area contributed by atoms with Crippen molar-refractivity contribution >= 4 is 11.9 Å². The van der Waals surface area contributed by atoms with Crippen molar-refractivity contribution in [3.8, 4) is 0 Å². The number of nitrogens with one attached hydrogen (secondary N) is 1. The molecule has 7 heteroatoms. The number of nitrogens with zero attached hydrogens (tertiary/aromatic N) is 2. The summed E-state index contributed by atoms with van der Waals surface area (Å²) in [5, 5.41) is 15.9. The van der Waals surface area contributed by atoms with Gasteiger partial charge in [-0.05, 0) is 44.1 Å². The Morgan fingerprint density at radius 1 is 1.40 bits per heavy atom. The number of aromatic nitrogens is 2. The first-order chi connectivity index (χ1) is 12.1. The summed E-state index contributed by atoms with van der Waals surface area (Å²) < 4.78 is 6.74. The van der Waals surface area contributed by atoms with Gasteiger partial charge in [0.1, 0.15) is 11.7 Å². The van der Waals surface area contributed by atoms with Crippen molar-refractivity contribution in [2.75, 3.05) is 13.2 Å². The van der Waals surface area contributed by atoms with Crippen LogP contribution in [-0.2, 0) is 16.1 Å². The highest BCUT2D eigenvalue weighted by Gasteiger charge is 2.34. The average Bonchev–Trinajstić information content (AvgIpc) is 3.07. The minimum atomic E-state index is -0.624. The van der Waals surface area contributed by atoms with Crippen LogP contribution in [-0.4, -0.2) is 46.0 Å². The van der Waals surface area contributed by atoms with Crippen LogP contribution in [0.5, 0.6) is 0 Å². The molecule has 1 saturated carbocycles. The van der Waals surface area contributed by atoms with E-state index in [1.165, 1.54) is 0 Å². The van der Waals surface area contributed by atoms with Crippen LogP contribution in [0.2, 0.25) is 0 Å². The maximum atomic E-state index is 12.7. The lowest BCUT2D eigenvalue weighted by molar-refractivity contribution is -0.147. The number of hydrogen-bond acceptors (Lipinski definition) is 5. The summed E-state index contributed by atoms with van der Waals surface area (Å²) in [5.41, 5.74) is 0.395. The predicted molar refractivity (Wildman–Crippen MR) is 92.9 cm³/mol. The summed E-state index contributed by atoms with van der Waals surface area (Å²) in [6.45, 7) is 4.77. The van der Waals surface area contributed by atoms with Crippen molar-refractivity contribution in [2.45, 2.75) is 58.5 Å². The Bertz CT molecular complexity index is 564. The molecular weight excluding hydrogens is 322 g/mol. The molecule has 0 radical (unpaired) electrons. The first-order valence-electron chi connectivity index (χ1n) is 9.17. The Morgan fingerprint density at radius 3 is 2.76 bits per heavy atom. The van der Waals surface area contributed by atoms with Gasteiger partial charge in [-0.3, -0.25) is 9.48 Å². The van der Waals surface area contributed by atoms with Crippen LogP contribution >= 0.6 is 0 Å². The minimum absolute atomic E-state index is 0.0344. The summed E-state index contributed by atoms with van der Waals surface area (Å²) in [4.78, 5) is 25.1. The molecule has 25 heavy (non-hydrogen) atoms. The zero-order valence-electron chi connectivity index (χ0n) is 15.1. The third-order valence-corrected chi connectivity index (χ3v) is 4.84. The van der Waals surface area contributed by atoms with E-state index in [1.54, 1.807) is 23.9 Å². The second kappa shape index (κ2) is 9.56. The van der Waals surface area contributed by atoms with Crippen LogP contribution in [0.25, 0.3) is 0 Å². The lowest BCUT2D eigenvalue weighted by atomic mass is 9.79. The van der Waals surface area contributed by atoms with E-state index in [2.05, 4.69) is 17.3 Å². The average molecular weight is 351 g/mol. The van der Waals surface area contributed by atoms with E-state index >= 15 is 0 Å². The molecule has 1 aromatic heterocycles. The number of aliphatic hydroxyl groups excluding tert-OH is 1. The summed E-state index contributed by atoms with van der Waals surface area (Å²) >= 11 is 0. The fourth-order valence-corrected chi connectivity index (χ4v) is 3.36. The molecule has 2 N–H and O–H groups in total. The zero-order valence-corrected chi connectivity index (χ0v) is 15.1. The number of hydrogen-bond donors (Lipinski definition) is 2. The second-order valence-electron chi connectivity index (χ2n) is 6.74. The quantitative estimate of drug-likeness (QED) is 0.696. The van der Waals surface area contributed by atoms with Gasteiger partial charge in [0.15, 0.2) is 0 Å². The van der Waals surface area contributed by atoms with E-state index in [4.69, 9.17) is 9.84 Å². The number of rotatable bonds is 8. The van der Waals surface area contributed by atoms with Crippen molar-refractivity contribution in [1.82, 2.24) is 15.1 Å². The second-order valence-corrected chi connectivity index (χ2v) is 6.74. The molecule has 2 rings (SSSR count). The van der Waals surface area contributed by atoms with E-state index < -0.39 is 6.04 Å². The van der Waals surface area contributed by atoms with Crippen molar-refractivity contribution in [2.24, 2.45) is 11.8 Å². The van der Waals surface area contributed by atoms with Crippen LogP contribution in [0.15, 0.2) is 12.3 Å². The fraction of sp³-hybridized carbons (Fsp3) is 0.722. The number of amides is 1. The van der Waals surface area contributed by atoms with E-state index in [0.717, 1.165) is 25.7 Å². The third-order valence-electron chi connectivity index (χ3n) is 4.84. The van der Waals surface area contributed by atoms with Crippen molar-refractivity contribution in [3.63, 3.8) is 0 Å². The van der Waals surface area contributed by atoms with Gasteiger partial charge in [-0.25, -0.2) is 4.79 Å². The number of carbonyl (C=O) groups is 2. The standard InChI is InChI=1S/C18H29N3O4/c1-3-25-18(24)16(14-7-5-13(2)6-8-14)20-17(23)15-9-10-19-21(15)11-4-12-22/h9-10,13-14,16,22H,3-8,11-12H2,1-2H3,(H,20,23)/t13?,14?,16-/m0/s1. The molecule has 1 aliphatic rings. The molecule has 0 saturated heterocycles. The number of esters is 1. The monoisotopic (exact) mass is 351 g/mol. The summed E-state index contributed by atoms with van der Waals surface area (Å²) in [5.74, 6) is 0.0756. The van der Waals surface area contributed by atoms with E-state index in [-0.39, 0.29) is 24.4 Å². The smallest absolute Gasteiger partial charge is 0.328 e. The lowest BCUT2D eigenvalue weighted by Gasteiger charge is -2.31. The first-order valence-corrected chi connectivity index (χ1v) is 9.17. The molecule has 7 nitrogen and oxygen atoms in total. The maximum Gasteiger partial charge on any atom is 0.328 e. The molecule has 0 bridgehead atoms. The Kier molecular flexibility index (Phi) is 7.43. The minimum Gasteiger partial charge on any atom is -0.464 e. The van der Waals surface area contributed by atoms with E-state index in [9.17, 15) is 9.59 Å². The van der Waals surface area contributed by atoms with Gasteiger partial charge in [0.25, 0.3) is 5.91 Å². The Balaban J connectivity index is 2.09. The SMILES string of the molecule is CCOC(=O)[C@@H](NC(=O)c1ccnn1CCCO)C1CCC(C)CC1. The number of aryl methyl sites for hydroxylation is 1. The van der Waals surface area contributed by atoms with Crippen LogP contribution in [0.1, 0.15) is 56.4 Å². The van der Waals surface area contributed by atoms with Crippen LogP contribution in [0.4, 0.5) is 0 Å². The molecule has 0 aliphatic heterocycles. The number of carbonyl (C=O) groups excluding carboxylic acids is 2. The molecule has 1 fully saturated rings. The molecule has 0 spiro atoms. The molecule has 1 atom stereocenters. The topological polar surface area (TPSA) is 93.5 Å². The van der Waals surface area contributed by atoms with Gasteiger partial charge in [-0.1, -0.05) is 19.8 Å². The van der Waals surface area contributed by atoms with E-state index in [0.29, 0.717) is 31.2 Å². The van der Waals surface area contributed by atoms with Gasteiger partial charge in [-0.15, -0.1) is 0 Å². The number of aliphatic hydroxyl groups is 1. The molecule has 1 heterocycles. The number of ether oxygens (including phenoxy) is 1. The normalized spacial score (nSPS) is 21.6. The molecule has 1 aromatic rings. The molecule has 140 valence electrons. The first kappa shape index (κ1) is 19.4. The largest absolute Gasteiger partial charge is 0.464 e. The van der Waals surface area contributed by atoms with E-state index in [1.807, 2.05) is 0 Å². The highest BCUT2D eigenvalue weighted by Crippen LogP contribution is 2.31. The van der Waals surface area contributed by atoms with Gasteiger partial charge < -0.3 is 15.2 Å². The highest BCUT2D eigenvalue weighted by atomic mass is 16.5. The Hall–Kier alpha value is -1.89. The summed E-state index contributed by atoms with van der Waals surface area (Å²) in [6, 6.07) is 0.999. The van der Waals surface area contributed by atoms with Gasteiger partial charge >= 0.3 is 5.97 Å². The van der Waals surface area contributed by atoms with Crippen molar-refractivity contribution in [3.05, 3.63) is 18.0 Å². The third kappa shape index (κ3) is 5.29. The molecule has 0 aromatic carbocycles. The van der Waals surface area contributed by atoms with Crippen molar-refractivity contribution < 1.29 is 19.4 Å². The van der Waals surface area contributed by atoms with Crippen LogP contribution in [0.3, 0.4) is 0 Å². The van der Waals surface area contributed by atoms with Gasteiger partial charge in [0.05, 0.1) is 6.61 Å². The molecule has 1 aliphatic carbocycles. The summed E-state index contributed by atoms with van der Waals surface area (Å²) in [7, 11) is 0. The van der Waals surface area contributed by atoms with Crippen LogP contribution < -0.4 is 5.32 Å². The van der Waals surface area contributed by atoms with Gasteiger partial charge in [0, 0.05) is 19.3 Å². The highest BCUT2D eigenvalue weighted by molar-refractivity contribution is 5.95. The Labute approximate surface area is 148 Å². The van der Waals surface area contributed by atoms with Crippen molar-refractivity contribution in [1.29, 1.82) is 0 Å². The van der Waals surface area contributed by atoms with Gasteiger partial charge in [-0.2, -0.15) is 5.10 Å². The summed E-state index contributed by atoms with van der Waals surface area (Å²) in [6.07, 6.45) is 6.01. The molecular formula is C18H29N3O4.